The molecule has 140 valence electrons. The van der Waals surface area contributed by atoms with E-state index in [4.69, 9.17) is 4.74 Å². The highest BCUT2D eigenvalue weighted by molar-refractivity contribution is 5.79. The van der Waals surface area contributed by atoms with E-state index in [0.717, 1.165) is 63.8 Å². The zero-order chi connectivity index (χ0) is 18.3. The molecule has 0 aliphatic rings. The van der Waals surface area contributed by atoms with Crippen molar-refractivity contribution in [2.24, 2.45) is 4.99 Å². The van der Waals surface area contributed by atoms with Crippen LogP contribution in [0.4, 0.5) is 0 Å². The Morgan fingerprint density at radius 1 is 1.00 bits per heavy atom. The molecule has 0 aliphatic carbocycles. The van der Waals surface area contributed by atoms with Crippen LogP contribution in [-0.2, 0) is 17.6 Å². The van der Waals surface area contributed by atoms with E-state index in [0.29, 0.717) is 0 Å². The summed E-state index contributed by atoms with van der Waals surface area (Å²) in [6.45, 7) is 5.99. The predicted molar refractivity (Wildman–Crippen MR) is 108 cm³/mol. The molecule has 2 N–H and O–H groups in total. The number of pyridine rings is 1. The summed E-state index contributed by atoms with van der Waals surface area (Å²) in [4.78, 5) is 8.93. The molecule has 0 aliphatic heterocycles. The topological polar surface area (TPSA) is 58.5 Å². The SMILES string of the molecule is CCNC(=NCCCOCCc1ccccc1)NCCc1ccccn1. The molecule has 0 saturated carbocycles. The lowest BCUT2D eigenvalue weighted by Gasteiger charge is -2.11. The molecule has 0 radical (unpaired) electrons. The highest BCUT2D eigenvalue weighted by Gasteiger charge is 1.98. The second kappa shape index (κ2) is 12.9. The van der Waals surface area contributed by atoms with Gasteiger partial charge in [0.15, 0.2) is 5.96 Å². The van der Waals surface area contributed by atoms with Gasteiger partial charge < -0.3 is 15.4 Å². The van der Waals surface area contributed by atoms with E-state index >= 15 is 0 Å². The molecule has 2 aromatic rings. The van der Waals surface area contributed by atoms with Crippen molar-refractivity contribution in [3.05, 3.63) is 66.0 Å². The summed E-state index contributed by atoms with van der Waals surface area (Å²) in [6, 6.07) is 16.4. The Morgan fingerprint density at radius 2 is 1.85 bits per heavy atom. The highest BCUT2D eigenvalue weighted by atomic mass is 16.5. The second-order valence-electron chi connectivity index (χ2n) is 5.96. The maximum Gasteiger partial charge on any atom is 0.191 e. The number of aromatic nitrogens is 1. The first kappa shape index (κ1) is 19.9. The van der Waals surface area contributed by atoms with Crippen molar-refractivity contribution in [2.75, 3.05) is 32.8 Å². The number of ether oxygens (including phenoxy) is 1. The number of aliphatic imine (C=N–C) groups is 1. The van der Waals surface area contributed by atoms with Gasteiger partial charge in [0, 0.05) is 44.6 Å². The molecule has 5 heteroatoms. The average molecular weight is 354 g/mol. The van der Waals surface area contributed by atoms with Gasteiger partial charge in [0.2, 0.25) is 0 Å². The van der Waals surface area contributed by atoms with E-state index in [1.54, 1.807) is 0 Å². The first-order valence-corrected chi connectivity index (χ1v) is 9.42. The molecule has 0 bridgehead atoms. The first-order chi connectivity index (χ1) is 12.9. The Balaban J connectivity index is 1.57. The molecule has 0 amide bonds. The molecular formula is C21H30N4O. The normalized spacial score (nSPS) is 11.3. The van der Waals surface area contributed by atoms with Crippen molar-refractivity contribution in [1.29, 1.82) is 0 Å². The lowest BCUT2D eigenvalue weighted by Crippen LogP contribution is -2.38. The van der Waals surface area contributed by atoms with E-state index in [2.05, 4.69) is 51.8 Å². The molecule has 1 aromatic carbocycles. The lowest BCUT2D eigenvalue weighted by atomic mass is 10.2. The zero-order valence-corrected chi connectivity index (χ0v) is 15.7. The molecule has 26 heavy (non-hydrogen) atoms. The van der Waals surface area contributed by atoms with Gasteiger partial charge in [-0.3, -0.25) is 9.98 Å². The summed E-state index contributed by atoms with van der Waals surface area (Å²) in [5, 5.41) is 6.62. The van der Waals surface area contributed by atoms with Gasteiger partial charge >= 0.3 is 0 Å². The fourth-order valence-corrected chi connectivity index (χ4v) is 2.49. The minimum atomic E-state index is 0.740. The fourth-order valence-electron chi connectivity index (χ4n) is 2.49. The minimum Gasteiger partial charge on any atom is -0.381 e. The average Bonchev–Trinajstić information content (AvgIpc) is 2.69. The van der Waals surface area contributed by atoms with Gasteiger partial charge in [-0.15, -0.1) is 0 Å². The number of guanidine groups is 1. The monoisotopic (exact) mass is 354 g/mol. The fraction of sp³-hybridized carbons (Fsp3) is 0.429. The van der Waals surface area contributed by atoms with Crippen molar-refractivity contribution in [3.63, 3.8) is 0 Å². The Hall–Kier alpha value is -2.40. The van der Waals surface area contributed by atoms with Crippen molar-refractivity contribution < 1.29 is 4.74 Å². The largest absolute Gasteiger partial charge is 0.381 e. The van der Waals surface area contributed by atoms with E-state index in [1.165, 1.54) is 5.56 Å². The van der Waals surface area contributed by atoms with Gasteiger partial charge in [-0.05, 0) is 37.5 Å². The molecule has 1 aromatic heterocycles. The first-order valence-electron chi connectivity index (χ1n) is 9.42. The van der Waals surface area contributed by atoms with E-state index in [1.807, 2.05) is 30.5 Å². The third kappa shape index (κ3) is 8.62. The van der Waals surface area contributed by atoms with E-state index in [-0.39, 0.29) is 0 Å². The molecule has 0 saturated heterocycles. The lowest BCUT2D eigenvalue weighted by molar-refractivity contribution is 0.136. The van der Waals surface area contributed by atoms with Crippen LogP contribution in [0.2, 0.25) is 0 Å². The van der Waals surface area contributed by atoms with Crippen molar-refractivity contribution in [1.82, 2.24) is 15.6 Å². The van der Waals surface area contributed by atoms with Crippen molar-refractivity contribution in [2.45, 2.75) is 26.2 Å². The van der Waals surface area contributed by atoms with Crippen LogP contribution in [0.15, 0.2) is 59.7 Å². The Bertz CT molecular complexity index is 616. The van der Waals surface area contributed by atoms with Crippen molar-refractivity contribution in [3.8, 4) is 0 Å². The quantitative estimate of drug-likeness (QED) is 0.370. The van der Waals surface area contributed by atoms with Gasteiger partial charge in [-0.2, -0.15) is 0 Å². The summed E-state index contributed by atoms with van der Waals surface area (Å²) in [5.74, 6) is 0.854. The maximum atomic E-state index is 5.70. The third-order valence-corrected chi connectivity index (χ3v) is 3.84. The van der Waals surface area contributed by atoms with Gasteiger partial charge in [0.05, 0.1) is 6.61 Å². The number of benzene rings is 1. The maximum absolute atomic E-state index is 5.70. The van der Waals surface area contributed by atoms with Crippen LogP contribution in [0.1, 0.15) is 24.6 Å². The molecule has 0 fully saturated rings. The number of hydrogen-bond acceptors (Lipinski definition) is 3. The molecule has 2 rings (SSSR count). The van der Waals surface area contributed by atoms with Crippen LogP contribution in [0.3, 0.4) is 0 Å². The zero-order valence-electron chi connectivity index (χ0n) is 15.7. The molecule has 5 nitrogen and oxygen atoms in total. The van der Waals surface area contributed by atoms with E-state index < -0.39 is 0 Å². The van der Waals surface area contributed by atoms with Gasteiger partial charge in [0.25, 0.3) is 0 Å². The highest BCUT2D eigenvalue weighted by Crippen LogP contribution is 1.99. The summed E-state index contributed by atoms with van der Waals surface area (Å²) in [7, 11) is 0. The predicted octanol–water partition coefficient (Wildman–Crippen LogP) is 2.83. The third-order valence-electron chi connectivity index (χ3n) is 3.84. The van der Waals surface area contributed by atoms with Crippen LogP contribution < -0.4 is 10.6 Å². The van der Waals surface area contributed by atoms with Crippen LogP contribution in [0, 0.1) is 0 Å². The molecule has 0 unspecified atom stereocenters. The molecule has 0 atom stereocenters. The summed E-state index contributed by atoms with van der Waals surface area (Å²) >= 11 is 0. The van der Waals surface area contributed by atoms with Crippen LogP contribution in [0.25, 0.3) is 0 Å². The molecule has 1 heterocycles. The van der Waals surface area contributed by atoms with Gasteiger partial charge in [-0.25, -0.2) is 0 Å². The summed E-state index contributed by atoms with van der Waals surface area (Å²) in [5.41, 5.74) is 2.40. The number of nitrogens with zero attached hydrogens (tertiary/aromatic N) is 2. The summed E-state index contributed by atoms with van der Waals surface area (Å²) in [6.07, 6.45) is 4.59. The molecular weight excluding hydrogens is 324 g/mol. The Labute approximate surface area is 156 Å². The van der Waals surface area contributed by atoms with Gasteiger partial charge in [-0.1, -0.05) is 36.4 Å². The number of hydrogen-bond donors (Lipinski definition) is 2. The standard InChI is InChI=1S/C21H30N4O/c1-2-22-21(25-16-12-20-11-6-7-14-23-20)24-15-8-17-26-18-13-19-9-4-3-5-10-19/h3-7,9-11,14H,2,8,12-13,15-18H2,1H3,(H2,22,24,25). The van der Waals surface area contributed by atoms with E-state index in [9.17, 15) is 0 Å². The number of rotatable bonds is 11. The Morgan fingerprint density at radius 3 is 2.62 bits per heavy atom. The van der Waals surface area contributed by atoms with Crippen LogP contribution in [0.5, 0.6) is 0 Å². The molecule has 0 spiro atoms. The smallest absolute Gasteiger partial charge is 0.191 e. The summed E-state index contributed by atoms with van der Waals surface area (Å²) < 4.78 is 5.70. The van der Waals surface area contributed by atoms with Crippen LogP contribution >= 0.6 is 0 Å². The van der Waals surface area contributed by atoms with Crippen molar-refractivity contribution >= 4 is 5.96 Å². The number of nitrogens with one attached hydrogen (secondary N) is 2. The van der Waals surface area contributed by atoms with Gasteiger partial charge in [0.1, 0.15) is 0 Å². The second-order valence-corrected chi connectivity index (χ2v) is 5.96. The minimum absolute atomic E-state index is 0.740. The Kier molecular flexibility index (Phi) is 9.88. The van der Waals surface area contributed by atoms with Crippen LogP contribution in [-0.4, -0.2) is 43.8 Å².